The van der Waals surface area contributed by atoms with E-state index in [0.29, 0.717) is 0 Å². The van der Waals surface area contributed by atoms with Crippen LogP contribution in [0.25, 0.3) is 11.5 Å². The van der Waals surface area contributed by atoms with Gasteiger partial charge in [-0.3, -0.25) is 4.98 Å². The molecule has 2 aromatic rings. The van der Waals surface area contributed by atoms with Crippen LogP contribution in [0, 0.1) is 0 Å². The zero-order chi connectivity index (χ0) is 14.8. The molecule has 2 N–H and O–H groups in total. The van der Waals surface area contributed by atoms with Gasteiger partial charge < -0.3 is 10.2 Å². The van der Waals surface area contributed by atoms with Crippen LogP contribution in [0.4, 0.5) is 5.82 Å². The molecule has 0 unspecified atom stereocenters. The van der Waals surface area contributed by atoms with E-state index in [9.17, 15) is 0 Å². The SMILES string of the molecule is c1ccc(-c2nc3c(c(N4CCC[NH2+]CC4)n2)CCC3)nc1. The summed E-state index contributed by atoms with van der Waals surface area (Å²) in [7, 11) is 0. The molecular formula is C17H22N5+. The first-order valence-corrected chi connectivity index (χ1v) is 8.29. The van der Waals surface area contributed by atoms with Gasteiger partial charge in [-0.2, -0.15) is 0 Å². The van der Waals surface area contributed by atoms with Crippen molar-refractivity contribution < 1.29 is 5.32 Å². The number of hydrogen-bond acceptors (Lipinski definition) is 4. The highest BCUT2D eigenvalue weighted by atomic mass is 15.2. The van der Waals surface area contributed by atoms with E-state index in [4.69, 9.17) is 9.97 Å². The molecule has 1 aliphatic carbocycles. The van der Waals surface area contributed by atoms with Crippen molar-refractivity contribution in [2.75, 3.05) is 31.1 Å². The average Bonchev–Trinajstić information content (AvgIpc) is 2.88. The van der Waals surface area contributed by atoms with Crippen LogP contribution < -0.4 is 10.2 Å². The van der Waals surface area contributed by atoms with Gasteiger partial charge in [0.1, 0.15) is 11.5 Å². The van der Waals surface area contributed by atoms with Crippen LogP contribution in [0.15, 0.2) is 24.4 Å². The second-order valence-corrected chi connectivity index (χ2v) is 6.07. The summed E-state index contributed by atoms with van der Waals surface area (Å²) < 4.78 is 0. The smallest absolute Gasteiger partial charge is 0.180 e. The fourth-order valence-corrected chi connectivity index (χ4v) is 3.43. The zero-order valence-corrected chi connectivity index (χ0v) is 12.8. The van der Waals surface area contributed by atoms with Gasteiger partial charge in [-0.1, -0.05) is 6.07 Å². The molecule has 0 saturated carbocycles. The molecule has 3 heterocycles. The lowest BCUT2D eigenvalue weighted by Gasteiger charge is -2.23. The Morgan fingerprint density at radius 2 is 2.00 bits per heavy atom. The molecule has 5 heteroatoms. The van der Waals surface area contributed by atoms with Crippen molar-refractivity contribution in [1.82, 2.24) is 15.0 Å². The monoisotopic (exact) mass is 296 g/mol. The van der Waals surface area contributed by atoms with Gasteiger partial charge in [0.2, 0.25) is 0 Å². The summed E-state index contributed by atoms with van der Waals surface area (Å²) in [6.07, 6.45) is 6.42. The summed E-state index contributed by atoms with van der Waals surface area (Å²) in [5.74, 6) is 1.95. The molecule has 0 bridgehead atoms. The van der Waals surface area contributed by atoms with E-state index >= 15 is 0 Å². The summed E-state index contributed by atoms with van der Waals surface area (Å²) >= 11 is 0. The van der Waals surface area contributed by atoms with E-state index in [1.165, 1.54) is 36.5 Å². The number of nitrogens with zero attached hydrogens (tertiary/aromatic N) is 4. The molecule has 4 rings (SSSR count). The zero-order valence-electron chi connectivity index (χ0n) is 12.8. The van der Waals surface area contributed by atoms with E-state index in [2.05, 4.69) is 15.2 Å². The number of rotatable bonds is 2. The van der Waals surface area contributed by atoms with Gasteiger partial charge >= 0.3 is 0 Å². The first-order valence-electron chi connectivity index (χ1n) is 8.29. The van der Waals surface area contributed by atoms with Gasteiger partial charge in [0.25, 0.3) is 0 Å². The second kappa shape index (κ2) is 6.01. The fourth-order valence-electron chi connectivity index (χ4n) is 3.43. The quantitative estimate of drug-likeness (QED) is 0.890. The molecule has 0 radical (unpaired) electrons. The minimum atomic E-state index is 0.782. The van der Waals surface area contributed by atoms with Gasteiger partial charge in [-0.25, -0.2) is 9.97 Å². The lowest BCUT2D eigenvalue weighted by Crippen LogP contribution is -2.84. The van der Waals surface area contributed by atoms with Gasteiger partial charge in [-0.15, -0.1) is 0 Å². The predicted octanol–water partition coefficient (Wildman–Crippen LogP) is 0.801. The third-order valence-corrected chi connectivity index (χ3v) is 4.54. The number of nitrogens with two attached hydrogens (primary N) is 1. The van der Waals surface area contributed by atoms with E-state index in [0.717, 1.165) is 44.0 Å². The fraction of sp³-hybridized carbons (Fsp3) is 0.471. The van der Waals surface area contributed by atoms with Gasteiger partial charge in [0.15, 0.2) is 5.82 Å². The Kier molecular flexibility index (Phi) is 3.72. The summed E-state index contributed by atoms with van der Waals surface area (Å²) in [5, 5.41) is 2.40. The Bertz CT molecular complexity index is 648. The van der Waals surface area contributed by atoms with Crippen molar-refractivity contribution in [3.8, 4) is 11.5 Å². The Balaban J connectivity index is 1.78. The van der Waals surface area contributed by atoms with Crippen LogP contribution in [-0.4, -0.2) is 41.1 Å². The van der Waals surface area contributed by atoms with Crippen molar-refractivity contribution in [3.05, 3.63) is 35.7 Å². The van der Waals surface area contributed by atoms with Crippen LogP contribution >= 0.6 is 0 Å². The third kappa shape index (κ3) is 2.57. The maximum Gasteiger partial charge on any atom is 0.180 e. The van der Waals surface area contributed by atoms with Crippen molar-refractivity contribution in [1.29, 1.82) is 0 Å². The van der Waals surface area contributed by atoms with Crippen molar-refractivity contribution >= 4 is 5.82 Å². The molecule has 5 nitrogen and oxygen atoms in total. The standard InChI is InChI=1S/C17H21N5/c1-2-9-19-15(6-1)16-20-14-7-3-5-13(14)17(21-16)22-11-4-8-18-10-12-22/h1-2,6,9,18H,3-5,7-8,10-12H2/p+1. The number of pyridine rings is 1. The number of hydrogen-bond donors (Lipinski definition) is 1. The lowest BCUT2D eigenvalue weighted by molar-refractivity contribution is -0.650. The molecular weight excluding hydrogens is 274 g/mol. The minimum Gasteiger partial charge on any atom is -0.350 e. The highest BCUT2D eigenvalue weighted by Crippen LogP contribution is 2.31. The predicted molar refractivity (Wildman–Crippen MR) is 85.8 cm³/mol. The van der Waals surface area contributed by atoms with Crippen LogP contribution in [-0.2, 0) is 12.8 Å². The van der Waals surface area contributed by atoms with Crippen LogP contribution in [0.2, 0.25) is 0 Å². The first kappa shape index (κ1) is 13.6. The maximum atomic E-state index is 4.92. The summed E-state index contributed by atoms with van der Waals surface area (Å²) in [6, 6.07) is 5.93. The average molecular weight is 296 g/mol. The molecule has 0 atom stereocenters. The molecule has 1 aliphatic heterocycles. The molecule has 2 aromatic heterocycles. The van der Waals surface area contributed by atoms with Crippen molar-refractivity contribution in [2.45, 2.75) is 25.7 Å². The number of quaternary nitrogens is 1. The molecule has 22 heavy (non-hydrogen) atoms. The molecule has 1 saturated heterocycles. The molecule has 0 amide bonds. The summed E-state index contributed by atoms with van der Waals surface area (Å²) in [4.78, 5) is 16.6. The largest absolute Gasteiger partial charge is 0.350 e. The Morgan fingerprint density at radius 1 is 1.00 bits per heavy atom. The summed E-state index contributed by atoms with van der Waals surface area (Å²) in [6.45, 7) is 4.54. The third-order valence-electron chi connectivity index (χ3n) is 4.54. The molecule has 2 aliphatic rings. The maximum absolute atomic E-state index is 4.92. The number of anilines is 1. The van der Waals surface area contributed by atoms with E-state index in [1.807, 2.05) is 24.4 Å². The molecule has 0 aromatic carbocycles. The van der Waals surface area contributed by atoms with Crippen LogP contribution in [0.5, 0.6) is 0 Å². The molecule has 114 valence electrons. The summed E-state index contributed by atoms with van der Waals surface area (Å²) in [5.41, 5.74) is 3.49. The Hall–Kier alpha value is -2.01. The normalized spacial score (nSPS) is 18.1. The number of fused-ring (bicyclic) bond motifs is 1. The van der Waals surface area contributed by atoms with Gasteiger partial charge in [0.05, 0.1) is 19.6 Å². The van der Waals surface area contributed by atoms with Gasteiger partial charge in [0, 0.05) is 30.4 Å². The van der Waals surface area contributed by atoms with E-state index in [-0.39, 0.29) is 0 Å². The lowest BCUT2D eigenvalue weighted by atomic mass is 10.2. The molecule has 0 spiro atoms. The van der Waals surface area contributed by atoms with Crippen molar-refractivity contribution in [2.24, 2.45) is 0 Å². The Morgan fingerprint density at radius 3 is 2.91 bits per heavy atom. The number of aromatic nitrogens is 3. The number of aryl methyl sites for hydroxylation is 1. The van der Waals surface area contributed by atoms with Gasteiger partial charge in [-0.05, 0) is 31.4 Å². The first-order chi connectivity index (χ1) is 10.9. The highest BCUT2D eigenvalue weighted by molar-refractivity contribution is 5.58. The van der Waals surface area contributed by atoms with E-state index in [1.54, 1.807) is 0 Å². The van der Waals surface area contributed by atoms with Crippen molar-refractivity contribution in [3.63, 3.8) is 0 Å². The highest BCUT2D eigenvalue weighted by Gasteiger charge is 2.24. The second-order valence-electron chi connectivity index (χ2n) is 6.07. The van der Waals surface area contributed by atoms with E-state index < -0.39 is 0 Å². The van der Waals surface area contributed by atoms with Crippen LogP contribution in [0.3, 0.4) is 0 Å². The Labute approximate surface area is 130 Å². The van der Waals surface area contributed by atoms with Crippen LogP contribution in [0.1, 0.15) is 24.1 Å². The minimum absolute atomic E-state index is 0.782. The molecule has 1 fully saturated rings. The topological polar surface area (TPSA) is 58.5 Å².